The lowest BCUT2D eigenvalue weighted by Crippen LogP contribution is -2.32. The Kier molecular flexibility index (Phi) is 5.58. The lowest BCUT2D eigenvalue weighted by molar-refractivity contribution is 0.133. The third-order valence-electron chi connectivity index (χ3n) is 4.30. The molecule has 3 nitrogen and oxygen atoms in total. The second kappa shape index (κ2) is 7.01. The largest absolute Gasteiger partial charge is 0.396 e. The highest BCUT2D eigenvalue weighted by Gasteiger charge is 2.24. The summed E-state index contributed by atoms with van der Waals surface area (Å²) >= 11 is 1.75. The van der Waals surface area contributed by atoms with Crippen LogP contribution < -0.4 is 5.32 Å². The minimum atomic E-state index is 0.139. The molecule has 0 spiro atoms. The predicted octanol–water partition coefficient (Wildman–Crippen LogP) is 3.33. The minimum absolute atomic E-state index is 0.139. The minimum Gasteiger partial charge on any atom is -0.396 e. The van der Waals surface area contributed by atoms with E-state index in [4.69, 9.17) is 4.98 Å². The molecular formula is C16H28N2OS. The maximum Gasteiger partial charge on any atom is 0.107 e. The fourth-order valence-corrected chi connectivity index (χ4v) is 3.88. The van der Waals surface area contributed by atoms with Crippen LogP contribution >= 0.6 is 11.3 Å². The summed E-state index contributed by atoms with van der Waals surface area (Å²) in [5, 5.41) is 16.3. The van der Waals surface area contributed by atoms with Gasteiger partial charge >= 0.3 is 0 Å². The first kappa shape index (κ1) is 15.9. The van der Waals surface area contributed by atoms with Crippen LogP contribution in [-0.4, -0.2) is 23.2 Å². The molecule has 2 N–H and O–H groups in total. The normalized spacial score (nSPS) is 24.0. The van der Waals surface area contributed by atoms with Gasteiger partial charge in [0.05, 0.1) is 5.69 Å². The lowest BCUT2D eigenvalue weighted by Gasteiger charge is -2.30. The Morgan fingerprint density at radius 1 is 1.30 bits per heavy atom. The fraction of sp³-hybridized carbons (Fsp3) is 0.812. The molecule has 1 aromatic heterocycles. The van der Waals surface area contributed by atoms with E-state index in [2.05, 4.69) is 31.5 Å². The Labute approximate surface area is 126 Å². The lowest BCUT2D eigenvalue weighted by atomic mass is 9.79. The van der Waals surface area contributed by atoms with Gasteiger partial charge in [-0.2, -0.15) is 0 Å². The number of aliphatic hydroxyl groups excluding tert-OH is 1. The van der Waals surface area contributed by atoms with Crippen LogP contribution in [0.3, 0.4) is 0 Å². The second-order valence-electron chi connectivity index (χ2n) is 6.99. The van der Waals surface area contributed by atoms with Crippen molar-refractivity contribution in [3.05, 3.63) is 16.1 Å². The second-order valence-corrected chi connectivity index (χ2v) is 7.94. The van der Waals surface area contributed by atoms with E-state index in [0.717, 1.165) is 13.1 Å². The summed E-state index contributed by atoms with van der Waals surface area (Å²) in [7, 11) is 0. The molecule has 0 saturated heterocycles. The molecule has 0 aliphatic heterocycles. The molecule has 2 atom stereocenters. The highest BCUT2D eigenvalue weighted by Crippen LogP contribution is 2.29. The van der Waals surface area contributed by atoms with E-state index < -0.39 is 0 Å². The molecule has 1 saturated carbocycles. The van der Waals surface area contributed by atoms with E-state index in [-0.39, 0.29) is 5.41 Å². The number of nitrogens with one attached hydrogen (secondary N) is 1. The van der Waals surface area contributed by atoms with E-state index >= 15 is 0 Å². The van der Waals surface area contributed by atoms with Gasteiger partial charge in [0.15, 0.2) is 0 Å². The number of nitrogens with zero attached hydrogens (tertiary/aromatic N) is 1. The van der Waals surface area contributed by atoms with Gasteiger partial charge in [-0.1, -0.05) is 33.6 Å². The average molecular weight is 296 g/mol. The van der Waals surface area contributed by atoms with E-state index in [0.29, 0.717) is 18.4 Å². The standard InChI is InChI=1S/C16H28N2OS/c1-16(2,3)14-11-20-15(18-14)9-17-8-12-6-4-5-7-13(12)10-19/h11-13,17,19H,4-10H2,1-3H3. The van der Waals surface area contributed by atoms with Gasteiger partial charge in [0, 0.05) is 23.9 Å². The SMILES string of the molecule is CC(C)(C)c1csc(CNCC2CCCCC2CO)n1. The molecule has 4 heteroatoms. The zero-order chi connectivity index (χ0) is 14.6. The molecule has 2 unspecified atom stereocenters. The number of rotatable bonds is 5. The van der Waals surface area contributed by atoms with Crippen molar-refractivity contribution < 1.29 is 5.11 Å². The van der Waals surface area contributed by atoms with E-state index in [1.807, 2.05) is 0 Å². The van der Waals surface area contributed by atoms with Crippen molar-refractivity contribution in [3.8, 4) is 0 Å². The summed E-state index contributed by atoms with van der Waals surface area (Å²) in [6, 6.07) is 0. The van der Waals surface area contributed by atoms with Crippen LogP contribution in [0, 0.1) is 11.8 Å². The van der Waals surface area contributed by atoms with Gasteiger partial charge in [-0.15, -0.1) is 11.3 Å². The Morgan fingerprint density at radius 2 is 2.00 bits per heavy atom. The van der Waals surface area contributed by atoms with Crippen molar-refractivity contribution in [1.82, 2.24) is 10.3 Å². The van der Waals surface area contributed by atoms with Crippen LogP contribution in [0.25, 0.3) is 0 Å². The highest BCUT2D eigenvalue weighted by atomic mass is 32.1. The van der Waals surface area contributed by atoms with Crippen molar-refractivity contribution in [1.29, 1.82) is 0 Å². The average Bonchev–Trinajstić information content (AvgIpc) is 2.88. The summed E-state index contributed by atoms with van der Waals surface area (Å²) < 4.78 is 0. The zero-order valence-electron chi connectivity index (χ0n) is 13.0. The molecule has 2 rings (SSSR count). The molecule has 20 heavy (non-hydrogen) atoms. The van der Waals surface area contributed by atoms with Crippen LogP contribution in [0.5, 0.6) is 0 Å². The smallest absolute Gasteiger partial charge is 0.107 e. The van der Waals surface area contributed by atoms with Crippen LogP contribution in [-0.2, 0) is 12.0 Å². The van der Waals surface area contributed by atoms with E-state index in [9.17, 15) is 5.11 Å². The van der Waals surface area contributed by atoms with Gasteiger partial charge in [-0.05, 0) is 31.2 Å². The van der Waals surface area contributed by atoms with Gasteiger partial charge < -0.3 is 10.4 Å². The first-order chi connectivity index (χ1) is 9.50. The first-order valence-corrected chi connectivity index (χ1v) is 8.65. The summed E-state index contributed by atoms with van der Waals surface area (Å²) in [6.45, 7) is 8.82. The maximum atomic E-state index is 9.43. The van der Waals surface area contributed by atoms with Gasteiger partial charge in [-0.3, -0.25) is 0 Å². The molecule has 1 aliphatic rings. The summed E-state index contributed by atoms with van der Waals surface area (Å²) in [5.74, 6) is 1.13. The van der Waals surface area contributed by atoms with Gasteiger partial charge in [0.1, 0.15) is 5.01 Å². The van der Waals surface area contributed by atoms with Crippen molar-refractivity contribution in [2.24, 2.45) is 11.8 Å². The van der Waals surface area contributed by atoms with Crippen molar-refractivity contribution in [3.63, 3.8) is 0 Å². The van der Waals surface area contributed by atoms with Crippen LogP contribution in [0.15, 0.2) is 5.38 Å². The van der Waals surface area contributed by atoms with Gasteiger partial charge in [0.2, 0.25) is 0 Å². The van der Waals surface area contributed by atoms with Crippen LogP contribution in [0.4, 0.5) is 0 Å². The number of aliphatic hydroxyl groups is 1. The molecular weight excluding hydrogens is 268 g/mol. The zero-order valence-corrected chi connectivity index (χ0v) is 13.8. The molecule has 1 aromatic rings. The molecule has 1 aliphatic carbocycles. The Bertz CT molecular complexity index is 411. The quantitative estimate of drug-likeness (QED) is 0.876. The summed E-state index contributed by atoms with van der Waals surface area (Å²) in [6.07, 6.45) is 5.04. The molecule has 0 amide bonds. The molecule has 114 valence electrons. The number of hydrogen-bond acceptors (Lipinski definition) is 4. The van der Waals surface area contributed by atoms with Crippen LogP contribution in [0.1, 0.15) is 57.2 Å². The Hall–Kier alpha value is -0.450. The Morgan fingerprint density at radius 3 is 2.60 bits per heavy atom. The third-order valence-corrected chi connectivity index (χ3v) is 5.15. The van der Waals surface area contributed by atoms with Gasteiger partial charge in [0.25, 0.3) is 0 Å². The predicted molar refractivity (Wildman–Crippen MR) is 85.1 cm³/mol. The summed E-state index contributed by atoms with van der Waals surface area (Å²) in [4.78, 5) is 4.71. The van der Waals surface area contributed by atoms with Crippen molar-refractivity contribution in [2.45, 2.75) is 58.4 Å². The maximum absolute atomic E-state index is 9.43. The van der Waals surface area contributed by atoms with E-state index in [1.165, 1.54) is 36.4 Å². The molecule has 0 radical (unpaired) electrons. The fourth-order valence-electron chi connectivity index (χ4n) is 2.89. The third kappa shape index (κ3) is 4.27. The monoisotopic (exact) mass is 296 g/mol. The van der Waals surface area contributed by atoms with Crippen molar-refractivity contribution >= 4 is 11.3 Å². The molecule has 0 aromatic carbocycles. The number of hydrogen-bond donors (Lipinski definition) is 2. The first-order valence-electron chi connectivity index (χ1n) is 7.77. The number of aromatic nitrogens is 1. The number of thiazole rings is 1. The van der Waals surface area contributed by atoms with Crippen molar-refractivity contribution in [2.75, 3.05) is 13.2 Å². The van der Waals surface area contributed by atoms with Crippen LogP contribution in [0.2, 0.25) is 0 Å². The topological polar surface area (TPSA) is 45.1 Å². The summed E-state index contributed by atoms with van der Waals surface area (Å²) in [5.41, 5.74) is 1.32. The molecule has 1 fully saturated rings. The Balaban J connectivity index is 1.79. The van der Waals surface area contributed by atoms with E-state index in [1.54, 1.807) is 11.3 Å². The highest BCUT2D eigenvalue weighted by molar-refractivity contribution is 7.09. The molecule has 1 heterocycles. The molecule has 0 bridgehead atoms. The van der Waals surface area contributed by atoms with Gasteiger partial charge in [-0.25, -0.2) is 4.98 Å².